The predicted octanol–water partition coefficient (Wildman–Crippen LogP) is 5.46. The van der Waals surface area contributed by atoms with Gasteiger partial charge in [0, 0.05) is 21.9 Å². The molecule has 0 fully saturated rings. The van der Waals surface area contributed by atoms with Crippen LogP contribution in [0.25, 0.3) is 23.3 Å². The zero-order chi connectivity index (χ0) is 19.5. The first kappa shape index (κ1) is 18.2. The highest BCUT2D eigenvalue weighted by Crippen LogP contribution is 2.34. The van der Waals surface area contributed by atoms with Gasteiger partial charge in [-0.3, -0.25) is 9.59 Å². The van der Waals surface area contributed by atoms with E-state index in [0.717, 1.165) is 27.4 Å². The van der Waals surface area contributed by atoms with Crippen LogP contribution in [0.2, 0.25) is 0 Å². The molecule has 3 aromatic rings. The van der Waals surface area contributed by atoms with E-state index < -0.39 is 0 Å². The molecule has 0 atom stereocenters. The van der Waals surface area contributed by atoms with Crippen molar-refractivity contribution < 1.29 is 4.79 Å². The van der Waals surface area contributed by atoms with Crippen LogP contribution in [0.3, 0.4) is 0 Å². The van der Waals surface area contributed by atoms with Gasteiger partial charge in [-0.05, 0) is 36.1 Å². The smallest absolute Gasteiger partial charge is 0.260 e. The zero-order valence-corrected chi connectivity index (χ0v) is 15.9. The van der Waals surface area contributed by atoms with Crippen molar-refractivity contribution in [2.75, 3.05) is 0 Å². The van der Waals surface area contributed by atoms with Gasteiger partial charge in [0.15, 0.2) is 5.78 Å². The van der Waals surface area contributed by atoms with Crippen LogP contribution in [-0.2, 0) is 6.42 Å². The third-order valence-corrected chi connectivity index (χ3v) is 5.08. The number of ketones is 1. The summed E-state index contributed by atoms with van der Waals surface area (Å²) in [7, 11) is 0. The number of nitrogens with one attached hydrogen (secondary N) is 1. The van der Waals surface area contributed by atoms with E-state index in [1.165, 1.54) is 6.08 Å². The zero-order valence-electron chi connectivity index (χ0n) is 15.1. The quantitative estimate of drug-likeness (QED) is 0.477. The Morgan fingerprint density at radius 3 is 2.36 bits per heavy atom. The number of aryl methyl sites for hydroxylation is 1. The summed E-state index contributed by atoms with van der Waals surface area (Å²) in [6.07, 6.45) is 6.36. The highest BCUT2D eigenvalue weighted by atomic mass is 35.5. The Labute approximate surface area is 168 Å². The summed E-state index contributed by atoms with van der Waals surface area (Å²) in [4.78, 5) is 28.8. The average molecular weight is 388 g/mol. The van der Waals surface area contributed by atoms with Crippen molar-refractivity contribution in [2.45, 2.75) is 12.8 Å². The maximum Gasteiger partial charge on any atom is 0.260 e. The molecule has 28 heavy (non-hydrogen) atoms. The molecule has 0 radical (unpaired) electrons. The second kappa shape index (κ2) is 7.83. The Morgan fingerprint density at radius 2 is 1.64 bits per heavy atom. The van der Waals surface area contributed by atoms with Crippen LogP contribution >= 0.6 is 11.6 Å². The first-order valence-electron chi connectivity index (χ1n) is 9.11. The molecule has 138 valence electrons. The van der Waals surface area contributed by atoms with E-state index in [2.05, 4.69) is 4.98 Å². The lowest BCUT2D eigenvalue weighted by molar-refractivity contribution is 0.104. The van der Waals surface area contributed by atoms with Crippen molar-refractivity contribution in [1.82, 2.24) is 4.98 Å². The molecular weight excluding hydrogens is 370 g/mol. The lowest BCUT2D eigenvalue weighted by Crippen LogP contribution is -2.22. The molecule has 1 N–H and O–H groups in total. The number of rotatable bonds is 4. The summed E-state index contributed by atoms with van der Waals surface area (Å²) in [6, 6.07) is 19.0. The summed E-state index contributed by atoms with van der Waals surface area (Å²) in [5, 5.41) is 0.718. The van der Waals surface area contributed by atoms with Gasteiger partial charge in [0.2, 0.25) is 0 Å². The fourth-order valence-electron chi connectivity index (χ4n) is 3.45. The molecule has 1 aliphatic rings. The predicted molar refractivity (Wildman–Crippen MR) is 114 cm³/mol. The molecule has 2 aromatic carbocycles. The second-order valence-electron chi connectivity index (χ2n) is 6.66. The van der Waals surface area contributed by atoms with E-state index in [0.29, 0.717) is 18.4 Å². The topological polar surface area (TPSA) is 49.9 Å². The maximum atomic E-state index is 13.0. The van der Waals surface area contributed by atoms with E-state index in [1.807, 2.05) is 66.7 Å². The molecule has 1 aromatic heterocycles. The third kappa shape index (κ3) is 3.62. The van der Waals surface area contributed by atoms with Gasteiger partial charge in [-0.2, -0.15) is 0 Å². The van der Waals surface area contributed by atoms with Crippen molar-refractivity contribution in [3.8, 4) is 11.1 Å². The summed E-state index contributed by atoms with van der Waals surface area (Å²) in [5.74, 6) is -0.332. The Kier molecular flexibility index (Phi) is 5.09. The molecule has 3 nitrogen and oxygen atoms in total. The molecule has 1 heterocycles. The number of hydrogen-bond donors (Lipinski definition) is 1. The summed E-state index contributed by atoms with van der Waals surface area (Å²) >= 11 is 6.29. The fourth-order valence-corrected chi connectivity index (χ4v) is 3.66. The minimum Gasteiger partial charge on any atom is -0.325 e. The first-order valence-corrected chi connectivity index (χ1v) is 9.49. The molecule has 0 saturated carbocycles. The van der Waals surface area contributed by atoms with Crippen LogP contribution in [0.15, 0.2) is 76.6 Å². The monoisotopic (exact) mass is 387 g/mol. The normalized spacial score (nSPS) is 13.2. The molecule has 0 unspecified atom stereocenters. The summed E-state index contributed by atoms with van der Waals surface area (Å²) < 4.78 is 0. The van der Waals surface area contributed by atoms with Crippen LogP contribution in [0, 0.1) is 0 Å². The Balaban J connectivity index is 1.90. The minimum absolute atomic E-state index is 0.139. The highest BCUT2D eigenvalue weighted by Gasteiger charge is 2.23. The standard InChI is InChI=1S/C24H18ClNO2/c25-18-12-13-20-19(15-18)22(17-9-5-2-6-10-17)23(24(28)26-20)21(27)14-11-16-7-3-1-4-8-16/h1-11,14-15H,12-13H2,(H,26,28). The highest BCUT2D eigenvalue weighted by molar-refractivity contribution is 6.32. The Bertz CT molecular complexity index is 1140. The lowest BCUT2D eigenvalue weighted by atomic mass is 9.89. The fraction of sp³-hybridized carbons (Fsp3) is 0.0833. The number of benzene rings is 2. The molecule has 0 spiro atoms. The maximum absolute atomic E-state index is 13.0. The molecule has 0 saturated heterocycles. The van der Waals surface area contributed by atoms with Crippen molar-refractivity contribution >= 4 is 29.5 Å². The molecule has 4 rings (SSSR count). The van der Waals surface area contributed by atoms with Gasteiger partial charge in [0.05, 0.1) is 5.56 Å². The van der Waals surface area contributed by atoms with Crippen LogP contribution < -0.4 is 5.56 Å². The van der Waals surface area contributed by atoms with E-state index in [4.69, 9.17) is 11.6 Å². The first-order chi connectivity index (χ1) is 13.6. The number of hydrogen-bond acceptors (Lipinski definition) is 2. The van der Waals surface area contributed by atoms with Gasteiger partial charge in [0.25, 0.3) is 5.56 Å². The number of carbonyl (C=O) groups excluding carboxylic acids is 1. The largest absolute Gasteiger partial charge is 0.325 e. The van der Waals surface area contributed by atoms with Crippen molar-refractivity contribution in [3.05, 3.63) is 105 Å². The molecule has 0 aliphatic heterocycles. The van der Waals surface area contributed by atoms with E-state index in [9.17, 15) is 9.59 Å². The van der Waals surface area contributed by atoms with Gasteiger partial charge in [-0.15, -0.1) is 0 Å². The Hall–Kier alpha value is -3.17. The van der Waals surface area contributed by atoms with E-state index in [1.54, 1.807) is 6.08 Å². The van der Waals surface area contributed by atoms with Crippen LogP contribution in [-0.4, -0.2) is 10.8 Å². The van der Waals surface area contributed by atoms with Crippen molar-refractivity contribution in [2.24, 2.45) is 0 Å². The number of H-pyrrole nitrogens is 1. The van der Waals surface area contributed by atoms with Gasteiger partial charge >= 0.3 is 0 Å². The van der Waals surface area contributed by atoms with Gasteiger partial charge in [-0.25, -0.2) is 0 Å². The minimum atomic E-state index is -0.369. The lowest BCUT2D eigenvalue weighted by Gasteiger charge is -2.19. The SMILES string of the molecule is O=C(C=Cc1ccccc1)c1c(-c2ccccc2)c2c([nH]c1=O)CCC(Cl)=C2. The number of carbonyl (C=O) groups is 1. The number of aromatic amines is 1. The van der Waals surface area contributed by atoms with E-state index in [-0.39, 0.29) is 16.9 Å². The van der Waals surface area contributed by atoms with Crippen LogP contribution in [0.1, 0.15) is 33.6 Å². The number of allylic oxidation sites excluding steroid dienone is 2. The number of fused-ring (bicyclic) bond motifs is 1. The Morgan fingerprint density at radius 1 is 0.964 bits per heavy atom. The van der Waals surface area contributed by atoms with Crippen LogP contribution in [0.5, 0.6) is 0 Å². The number of aromatic nitrogens is 1. The van der Waals surface area contributed by atoms with Crippen LogP contribution in [0.4, 0.5) is 0 Å². The molecule has 0 amide bonds. The van der Waals surface area contributed by atoms with E-state index >= 15 is 0 Å². The average Bonchev–Trinajstić information content (AvgIpc) is 2.73. The van der Waals surface area contributed by atoms with Crippen molar-refractivity contribution in [1.29, 1.82) is 0 Å². The van der Waals surface area contributed by atoms with Gasteiger partial charge < -0.3 is 4.98 Å². The second-order valence-corrected chi connectivity index (χ2v) is 7.15. The van der Waals surface area contributed by atoms with Crippen molar-refractivity contribution in [3.63, 3.8) is 0 Å². The molecule has 4 heteroatoms. The van der Waals surface area contributed by atoms with Gasteiger partial charge in [0.1, 0.15) is 0 Å². The molecule has 1 aliphatic carbocycles. The number of pyridine rings is 1. The number of halogens is 1. The van der Waals surface area contributed by atoms with Gasteiger partial charge in [-0.1, -0.05) is 78.3 Å². The molecular formula is C24H18ClNO2. The summed E-state index contributed by atoms with van der Waals surface area (Å²) in [6.45, 7) is 0. The molecule has 0 bridgehead atoms. The summed E-state index contributed by atoms with van der Waals surface area (Å²) in [5.41, 5.74) is 3.76. The third-order valence-electron chi connectivity index (χ3n) is 4.79.